The zero-order valence-electron chi connectivity index (χ0n) is 10.5. The molecule has 0 radical (unpaired) electrons. The molecule has 0 bridgehead atoms. The summed E-state index contributed by atoms with van der Waals surface area (Å²) < 4.78 is 42.5. The summed E-state index contributed by atoms with van der Waals surface area (Å²) in [4.78, 5) is 11.3. The van der Waals surface area contributed by atoms with Gasteiger partial charge in [0.15, 0.2) is 0 Å². The smallest absolute Gasteiger partial charge is 0.440 e. The average Bonchev–Trinajstić information content (AvgIpc) is 2.36. The van der Waals surface area contributed by atoms with Gasteiger partial charge >= 0.3 is 17.7 Å². The third-order valence-electron chi connectivity index (χ3n) is 2.68. The molecule has 0 heterocycles. The Hall–Kier alpha value is -1.48. The van der Waals surface area contributed by atoms with Crippen molar-refractivity contribution in [2.75, 3.05) is 6.61 Å². The second-order valence-electron chi connectivity index (χ2n) is 4.15. The van der Waals surface area contributed by atoms with Gasteiger partial charge in [-0.05, 0) is 44.1 Å². The predicted octanol–water partition coefficient (Wildman–Crippen LogP) is 2.35. The van der Waals surface area contributed by atoms with Crippen LogP contribution in [0.2, 0.25) is 0 Å². The van der Waals surface area contributed by atoms with E-state index in [0.717, 1.165) is 19.3 Å². The summed E-state index contributed by atoms with van der Waals surface area (Å²) in [5.74, 6) is 2.09. The highest BCUT2D eigenvalue weighted by Crippen LogP contribution is 2.31. The molecule has 0 aromatic heterocycles. The first-order valence-corrected chi connectivity index (χ1v) is 6.00. The SMILES string of the molecule is CCOC(=O)[C@@](O)(C#CC1=CCCCC1)C(F)(F)F. The monoisotopic (exact) mass is 276 g/mol. The van der Waals surface area contributed by atoms with E-state index in [1.807, 2.05) is 0 Å². The highest BCUT2D eigenvalue weighted by atomic mass is 19.4. The Labute approximate surface area is 109 Å². The van der Waals surface area contributed by atoms with E-state index in [0.29, 0.717) is 12.0 Å². The van der Waals surface area contributed by atoms with Crippen LogP contribution in [0.3, 0.4) is 0 Å². The lowest BCUT2D eigenvalue weighted by molar-refractivity contribution is -0.242. The van der Waals surface area contributed by atoms with E-state index in [2.05, 4.69) is 10.7 Å². The molecule has 0 aromatic rings. The quantitative estimate of drug-likeness (QED) is 0.622. The molecule has 1 aliphatic carbocycles. The number of esters is 1. The number of hydrogen-bond donors (Lipinski definition) is 1. The molecule has 19 heavy (non-hydrogen) atoms. The maximum Gasteiger partial charge on any atom is 0.440 e. The largest absolute Gasteiger partial charge is 0.463 e. The molecule has 6 heteroatoms. The van der Waals surface area contributed by atoms with E-state index in [-0.39, 0.29) is 6.61 Å². The molecule has 1 rings (SSSR count). The summed E-state index contributed by atoms with van der Waals surface area (Å²) in [6.07, 6.45) is -0.367. The summed E-state index contributed by atoms with van der Waals surface area (Å²) in [5.41, 5.74) is -3.25. The summed E-state index contributed by atoms with van der Waals surface area (Å²) in [6, 6.07) is 0. The van der Waals surface area contributed by atoms with Gasteiger partial charge in [-0.15, -0.1) is 0 Å². The number of alkyl halides is 3. The van der Waals surface area contributed by atoms with Gasteiger partial charge < -0.3 is 9.84 Å². The van der Waals surface area contributed by atoms with E-state index >= 15 is 0 Å². The van der Waals surface area contributed by atoms with E-state index in [9.17, 15) is 23.1 Å². The predicted molar refractivity (Wildman–Crippen MR) is 62.0 cm³/mol. The van der Waals surface area contributed by atoms with Crippen molar-refractivity contribution in [3.63, 3.8) is 0 Å². The van der Waals surface area contributed by atoms with E-state index < -0.39 is 17.7 Å². The number of halogens is 3. The second-order valence-corrected chi connectivity index (χ2v) is 4.15. The van der Waals surface area contributed by atoms with Gasteiger partial charge in [-0.25, -0.2) is 4.79 Å². The molecule has 0 amide bonds. The summed E-state index contributed by atoms with van der Waals surface area (Å²) in [7, 11) is 0. The van der Waals surface area contributed by atoms with Crippen molar-refractivity contribution in [3.05, 3.63) is 11.6 Å². The zero-order chi connectivity index (χ0) is 14.5. The van der Waals surface area contributed by atoms with Crippen molar-refractivity contribution in [2.24, 2.45) is 0 Å². The van der Waals surface area contributed by atoms with Gasteiger partial charge in [0.1, 0.15) is 0 Å². The van der Waals surface area contributed by atoms with Gasteiger partial charge in [0.2, 0.25) is 0 Å². The molecule has 0 fully saturated rings. The Morgan fingerprint density at radius 3 is 2.63 bits per heavy atom. The molecule has 0 saturated carbocycles. The van der Waals surface area contributed by atoms with Gasteiger partial charge in [-0.2, -0.15) is 13.2 Å². The topological polar surface area (TPSA) is 46.5 Å². The highest BCUT2D eigenvalue weighted by Gasteiger charge is 2.60. The summed E-state index contributed by atoms with van der Waals surface area (Å²) >= 11 is 0. The minimum Gasteiger partial charge on any atom is -0.463 e. The van der Waals surface area contributed by atoms with Crippen LogP contribution in [-0.4, -0.2) is 29.5 Å². The molecule has 0 spiro atoms. The van der Waals surface area contributed by atoms with Crippen molar-refractivity contribution in [2.45, 2.75) is 44.4 Å². The van der Waals surface area contributed by atoms with Crippen LogP contribution in [0.4, 0.5) is 13.2 Å². The Morgan fingerprint density at radius 1 is 1.47 bits per heavy atom. The fourth-order valence-corrected chi connectivity index (χ4v) is 1.60. The lowest BCUT2D eigenvalue weighted by Gasteiger charge is -2.22. The first-order valence-electron chi connectivity index (χ1n) is 6.00. The number of ether oxygens (including phenoxy) is 1. The third-order valence-corrected chi connectivity index (χ3v) is 2.68. The minimum atomic E-state index is -5.19. The van der Waals surface area contributed by atoms with Crippen LogP contribution in [-0.2, 0) is 9.53 Å². The van der Waals surface area contributed by atoms with Gasteiger partial charge in [0, 0.05) is 0 Å². The highest BCUT2D eigenvalue weighted by molar-refractivity contribution is 5.84. The van der Waals surface area contributed by atoms with E-state index in [1.54, 1.807) is 12.0 Å². The lowest BCUT2D eigenvalue weighted by Crippen LogP contribution is -2.52. The molecule has 0 aromatic carbocycles. The second kappa shape index (κ2) is 6.11. The van der Waals surface area contributed by atoms with Crippen LogP contribution in [0.5, 0.6) is 0 Å². The number of rotatable bonds is 2. The van der Waals surface area contributed by atoms with Gasteiger partial charge in [-0.1, -0.05) is 12.0 Å². The van der Waals surface area contributed by atoms with Crippen LogP contribution in [0.15, 0.2) is 11.6 Å². The number of allylic oxidation sites excluding steroid dienone is 2. The molecule has 1 atom stereocenters. The molecular formula is C13H15F3O3. The Kier molecular flexibility index (Phi) is 5.01. The van der Waals surface area contributed by atoms with Crippen molar-refractivity contribution < 1.29 is 27.8 Å². The Balaban J connectivity index is 3.02. The molecule has 0 aliphatic heterocycles. The van der Waals surface area contributed by atoms with Gasteiger partial charge in [0.25, 0.3) is 0 Å². The van der Waals surface area contributed by atoms with Crippen LogP contribution in [0, 0.1) is 11.8 Å². The molecule has 3 nitrogen and oxygen atoms in total. The van der Waals surface area contributed by atoms with Crippen LogP contribution >= 0.6 is 0 Å². The standard InChI is InChI=1S/C13H15F3O3/c1-2-19-11(17)12(18,13(14,15)16)9-8-10-6-4-3-5-7-10/h6,18H,2-5,7H2,1H3/t12-/m0/s1. The fourth-order valence-electron chi connectivity index (χ4n) is 1.60. The maximum atomic E-state index is 12.8. The zero-order valence-corrected chi connectivity index (χ0v) is 10.5. The van der Waals surface area contributed by atoms with Gasteiger partial charge in [-0.3, -0.25) is 0 Å². The van der Waals surface area contributed by atoms with E-state index in [1.165, 1.54) is 6.92 Å². The summed E-state index contributed by atoms with van der Waals surface area (Å²) in [6.45, 7) is 1.09. The lowest BCUT2D eigenvalue weighted by atomic mass is 9.98. The molecule has 0 unspecified atom stereocenters. The number of aliphatic hydroxyl groups is 1. The average molecular weight is 276 g/mol. The Bertz CT molecular complexity index is 429. The first kappa shape index (κ1) is 15.6. The third kappa shape index (κ3) is 3.74. The van der Waals surface area contributed by atoms with Crippen molar-refractivity contribution in [1.29, 1.82) is 0 Å². The number of hydrogen-bond acceptors (Lipinski definition) is 3. The normalized spacial score (nSPS) is 18.7. The molecule has 0 saturated heterocycles. The molecular weight excluding hydrogens is 261 g/mol. The fraction of sp³-hybridized carbons (Fsp3) is 0.615. The van der Waals surface area contributed by atoms with Crippen LogP contribution in [0.25, 0.3) is 0 Å². The minimum absolute atomic E-state index is 0.262. The maximum absolute atomic E-state index is 12.8. The molecule has 106 valence electrons. The molecule has 1 N–H and O–H groups in total. The van der Waals surface area contributed by atoms with Crippen molar-refractivity contribution in [3.8, 4) is 11.8 Å². The van der Waals surface area contributed by atoms with Crippen LogP contribution in [0.1, 0.15) is 32.6 Å². The van der Waals surface area contributed by atoms with Gasteiger partial charge in [0.05, 0.1) is 6.61 Å². The number of carbonyl (C=O) groups excluding carboxylic acids is 1. The first-order chi connectivity index (χ1) is 8.81. The number of carbonyl (C=O) groups is 1. The molecule has 1 aliphatic rings. The van der Waals surface area contributed by atoms with Crippen molar-refractivity contribution in [1.82, 2.24) is 0 Å². The summed E-state index contributed by atoms with van der Waals surface area (Å²) in [5, 5.41) is 9.48. The van der Waals surface area contributed by atoms with Crippen LogP contribution < -0.4 is 0 Å². The van der Waals surface area contributed by atoms with E-state index in [4.69, 9.17) is 0 Å². The Morgan fingerprint density at radius 2 is 2.16 bits per heavy atom. The van der Waals surface area contributed by atoms with Crippen molar-refractivity contribution >= 4 is 5.97 Å².